The minimum atomic E-state index is 0.627. The highest BCUT2D eigenvalue weighted by molar-refractivity contribution is 9.10. The number of nitrogens with one attached hydrogen (secondary N) is 1. The monoisotopic (exact) mass is 353 g/mol. The first-order chi connectivity index (χ1) is 9.70. The Morgan fingerprint density at radius 3 is 2.90 bits per heavy atom. The van der Waals surface area contributed by atoms with Crippen molar-refractivity contribution < 1.29 is 4.74 Å². The Bertz CT molecular complexity index is 553. The lowest BCUT2D eigenvalue weighted by atomic mass is 10.1. The van der Waals surface area contributed by atoms with Crippen molar-refractivity contribution >= 4 is 27.3 Å². The zero-order valence-corrected chi connectivity index (χ0v) is 14.3. The van der Waals surface area contributed by atoms with Crippen molar-refractivity contribution in [3.8, 4) is 5.75 Å². The first-order valence-electron chi connectivity index (χ1n) is 6.85. The van der Waals surface area contributed by atoms with Crippen molar-refractivity contribution in [2.75, 3.05) is 6.54 Å². The van der Waals surface area contributed by atoms with E-state index in [1.807, 2.05) is 0 Å². The van der Waals surface area contributed by atoms with Gasteiger partial charge in [0.05, 0.1) is 0 Å². The van der Waals surface area contributed by atoms with E-state index in [0.717, 1.165) is 29.7 Å². The summed E-state index contributed by atoms with van der Waals surface area (Å²) < 4.78 is 7.17. The molecule has 4 heteroatoms. The second kappa shape index (κ2) is 7.81. The van der Waals surface area contributed by atoms with Gasteiger partial charge in [-0.25, -0.2) is 0 Å². The third kappa shape index (κ3) is 4.33. The van der Waals surface area contributed by atoms with Crippen LogP contribution in [0.3, 0.4) is 0 Å². The minimum absolute atomic E-state index is 0.627. The second-order valence-electron chi connectivity index (χ2n) is 4.76. The van der Waals surface area contributed by atoms with Crippen LogP contribution in [0, 0.1) is 6.92 Å². The molecule has 2 nitrogen and oxygen atoms in total. The standard InChI is InChI=1S/C16H20BrNOS/c1-3-7-18-9-13-6-4-5-12(2)16(13)19-10-15-8-14(17)11-20-15/h4-6,8,11,18H,3,7,9-10H2,1-2H3. The molecule has 2 rings (SSSR count). The van der Waals surface area contributed by atoms with Gasteiger partial charge >= 0.3 is 0 Å². The van der Waals surface area contributed by atoms with Gasteiger partial charge in [-0.05, 0) is 47.4 Å². The molecule has 0 saturated heterocycles. The lowest BCUT2D eigenvalue weighted by Crippen LogP contribution is -2.15. The van der Waals surface area contributed by atoms with Crippen LogP contribution in [-0.4, -0.2) is 6.54 Å². The topological polar surface area (TPSA) is 21.3 Å². The quantitative estimate of drug-likeness (QED) is 0.715. The Kier molecular flexibility index (Phi) is 6.07. The highest BCUT2D eigenvalue weighted by atomic mass is 79.9. The van der Waals surface area contributed by atoms with E-state index in [-0.39, 0.29) is 0 Å². The largest absolute Gasteiger partial charge is 0.487 e. The molecule has 0 unspecified atom stereocenters. The fourth-order valence-corrected chi connectivity index (χ4v) is 3.39. The van der Waals surface area contributed by atoms with Crippen LogP contribution in [0.25, 0.3) is 0 Å². The van der Waals surface area contributed by atoms with Gasteiger partial charge in [0.1, 0.15) is 12.4 Å². The Morgan fingerprint density at radius 2 is 2.20 bits per heavy atom. The van der Waals surface area contributed by atoms with Gasteiger partial charge in [-0.1, -0.05) is 25.1 Å². The van der Waals surface area contributed by atoms with Gasteiger partial charge < -0.3 is 10.1 Å². The Labute approximate surface area is 133 Å². The number of ether oxygens (including phenoxy) is 1. The smallest absolute Gasteiger partial charge is 0.127 e. The summed E-state index contributed by atoms with van der Waals surface area (Å²) in [4.78, 5) is 1.23. The highest BCUT2D eigenvalue weighted by Crippen LogP contribution is 2.26. The number of hydrogen-bond acceptors (Lipinski definition) is 3. The first-order valence-corrected chi connectivity index (χ1v) is 8.53. The maximum absolute atomic E-state index is 6.05. The Balaban J connectivity index is 2.04. The molecule has 0 aliphatic rings. The molecule has 0 aliphatic heterocycles. The van der Waals surface area contributed by atoms with Crippen molar-refractivity contribution in [1.29, 1.82) is 0 Å². The average Bonchev–Trinajstić information content (AvgIpc) is 2.84. The molecule has 20 heavy (non-hydrogen) atoms. The van der Waals surface area contributed by atoms with Crippen LogP contribution in [0.5, 0.6) is 5.75 Å². The van der Waals surface area contributed by atoms with Crippen molar-refractivity contribution in [2.45, 2.75) is 33.4 Å². The summed E-state index contributed by atoms with van der Waals surface area (Å²) in [5.74, 6) is 1.01. The van der Waals surface area contributed by atoms with Gasteiger partial charge in [-0.2, -0.15) is 0 Å². The molecular formula is C16H20BrNOS. The maximum atomic E-state index is 6.05. The van der Waals surface area contributed by atoms with E-state index >= 15 is 0 Å². The van der Waals surface area contributed by atoms with Crippen molar-refractivity contribution in [1.82, 2.24) is 5.32 Å². The lowest BCUT2D eigenvalue weighted by Gasteiger charge is -2.14. The van der Waals surface area contributed by atoms with E-state index in [0.29, 0.717) is 6.61 Å². The second-order valence-corrected chi connectivity index (χ2v) is 6.67. The number of thiophene rings is 1. The fraction of sp³-hybridized carbons (Fsp3) is 0.375. The van der Waals surface area contributed by atoms with E-state index < -0.39 is 0 Å². The number of aryl methyl sites for hydroxylation is 1. The number of rotatable bonds is 7. The predicted octanol–water partition coefficient (Wildman–Crippen LogP) is 4.90. The molecule has 0 saturated carbocycles. The number of halogens is 1. The number of para-hydroxylation sites is 1. The molecule has 108 valence electrons. The van der Waals surface area contributed by atoms with Gasteiger partial charge in [0, 0.05) is 26.8 Å². The average molecular weight is 354 g/mol. The summed E-state index contributed by atoms with van der Waals surface area (Å²) in [5, 5.41) is 5.52. The highest BCUT2D eigenvalue weighted by Gasteiger charge is 2.08. The zero-order valence-electron chi connectivity index (χ0n) is 11.9. The van der Waals surface area contributed by atoms with E-state index in [1.54, 1.807) is 11.3 Å². The maximum Gasteiger partial charge on any atom is 0.127 e. The summed E-state index contributed by atoms with van der Waals surface area (Å²) in [6.07, 6.45) is 1.14. The van der Waals surface area contributed by atoms with E-state index in [4.69, 9.17) is 4.74 Å². The predicted molar refractivity (Wildman–Crippen MR) is 89.5 cm³/mol. The van der Waals surface area contributed by atoms with Crippen molar-refractivity contribution in [2.24, 2.45) is 0 Å². The van der Waals surface area contributed by atoms with Gasteiger partial charge in [0.15, 0.2) is 0 Å². The molecule has 1 N–H and O–H groups in total. The molecule has 0 amide bonds. The molecule has 1 aromatic heterocycles. The number of hydrogen-bond donors (Lipinski definition) is 1. The summed E-state index contributed by atoms with van der Waals surface area (Å²) in [6, 6.07) is 8.43. The van der Waals surface area contributed by atoms with Crippen molar-refractivity contribution in [3.05, 3.63) is 50.1 Å². The fourth-order valence-electron chi connectivity index (χ4n) is 2.03. The van der Waals surface area contributed by atoms with Crippen LogP contribution in [-0.2, 0) is 13.2 Å². The van der Waals surface area contributed by atoms with Crippen LogP contribution in [0.2, 0.25) is 0 Å². The van der Waals surface area contributed by atoms with Crippen LogP contribution in [0.15, 0.2) is 34.1 Å². The lowest BCUT2D eigenvalue weighted by molar-refractivity contribution is 0.303. The van der Waals surface area contributed by atoms with Gasteiger partial charge in [0.25, 0.3) is 0 Å². The summed E-state index contributed by atoms with van der Waals surface area (Å²) in [5.41, 5.74) is 2.42. The molecule has 0 fully saturated rings. The molecular weight excluding hydrogens is 334 g/mol. The van der Waals surface area contributed by atoms with Crippen molar-refractivity contribution in [3.63, 3.8) is 0 Å². The van der Waals surface area contributed by atoms with Gasteiger partial charge in [-0.3, -0.25) is 0 Å². The van der Waals surface area contributed by atoms with Gasteiger partial charge in [0.2, 0.25) is 0 Å². The molecule has 1 heterocycles. The normalized spacial score (nSPS) is 10.8. The summed E-state index contributed by atoms with van der Waals surface area (Å²) in [7, 11) is 0. The van der Waals surface area contributed by atoms with Crippen LogP contribution < -0.4 is 10.1 Å². The molecule has 1 aromatic carbocycles. The third-order valence-electron chi connectivity index (χ3n) is 3.02. The van der Waals surface area contributed by atoms with E-state index in [2.05, 4.69) is 64.7 Å². The Hall–Kier alpha value is -0.840. The summed E-state index contributed by atoms with van der Waals surface area (Å²) >= 11 is 5.19. The molecule has 0 radical (unpaired) electrons. The van der Waals surface area contributed by atoms with Crippen LogP contribution >= 0.6 is 27.3 Å². The third-order valence-corrected chi connectivity index (χ3v) is 4.69. The number of benzene rings is 1. The van der Waals surface area contributed by atoms with E-state index in [1.165, 1.54) is 16.0 Å². The molecule has 0 aliphatic carbocycles. The summed E-state index contributed by atoms with van der Waals surface area (Å²) in [6.45, 7) is 6.80. The Morgan fingerprint density at radius 1 is 1.35 bits per heavy atom. The molecule has 0 atom stereocenters. The van der Waals surface area contributed by atoms with E-state index in [9.17, 15) is 0 Å². The van der Waals surface area contributed by atoms with Crippen LogP contribution in [0.4, 0.5) is 0 Å². The minimum Gasteiger partial charge on any atom is -0.487 e. The van der Waals surface area contributed by atoms with Crippen LogP contribution in [0.1, 0.15) is 29.3 Å². The zero-order chi connectivity index (χ0) is 14.4. The SMILES string of the molecule is CCCNCc1cccc(C)c1OCc1cc(Br)cs1. The molecule has 0 spiro atoms. The van der Waals surface area contributed by atoms with Gasteiger partial charge in [-0.15, -0.1) is 11.3 Å². The molecule has 2 aromatic rings. The molecule has 0 bridgehead atoms. The first kappa shape index (κ1) is 15.5.